The van der Waals surface area contributed by atoms with Crippen LogP contribution in [0.1, 0.15) is 16.1 Å². The number of hydrogen-bond acceptors (Lipinski definition) is 4. The van der Waals surface area contributed by atoms with Crippen molar-refractivity contribution >= 4 is 11.8 Å². The van der Waals surface area contributed by atoms with E-state index in [1.165, 1.54) is 0 Å². The summed E-state index contributed by atoms with van der Waals surface area (Å²) in [6.45, 7) is 0.861. The summed E-state index contributed by atoms with van der Waals surface area (Å²) in [7, 11) is 1.59. The number of ether oxygens (including phenoxy) is 1. The lowest BCUT2D eigenvalue weighted by molar-refractivity contribution is -0.156. The molecule has 0 unspecified atom stereocenters. The van der Waals surface area contributed by atoms with Crippen molar-refractivity contribution < 1.29 is 14.3 Å². The molecule has 3 aromatic rings. The van der Waals surface area contributed by atoms with E-state index in [1.54, 1.807) is 36.3 Å². The zero-order valence-corrected chi connectivity index (χ0v) is 17.5. The number of nitrogens with zero attached hydrogens (tertiary/aromatic N) is 2. The Morgan fingerprint density at radius 1 is 1.03 bits per heavy atom. The van der Waals surface area contributed by atoms with Crippen molar-refractivity contribution in [2.75, 3.05) is 26.7 Å². The van der Waals surface area contributed by atoms with E-state index in [1.807, 2.05) is 36.4 Å². The number of carbonyl (C=O) groups excluding carboxylic acids is 2. The first-order valence-corrected chi connectivity index (χ1v) is 10.3. The van der Waals surface area contributed by atoms with E-state index in [2.05, 4.69) is 28.5 Å². The predicted octanol–water partition coefficient (Wildman–Crippen LogP) is 2.95. The molecule has 4 rings (SSSR count). The van der Waals surface area contributed by atoms with Crippen LogP contribution in [0.4, 0.5) is 0 Å². The van der Waals surface area contributed by atoms with E-state index >= 15 is 0 Å². The topological polar surface area (TPSA) is 71.5 Å². The fourth-order valence-corrected chi connectivity index (χ4v) is 3.98. The average Bonchev–Trinajstić information content (AvgIpc) is 2.84. The first-order valence-electron chi connectivity index (χ1n) is 10.3. The standard InChI is InChI=1S/C25H25N3O3/c1-26-24(30)25(17-19-8-7-11-21(16-19)20-9-3-2-4-10-20)18-28(14-15-31-25)23(29)22-12-5-6-13-27-22/h2-13,16H,14-15,17-18H2,1H3,(H,26,30)/t25-/m1/s1. The van der Waals surface area contributed by atoms with Crippen LogP contribution >= 0.6 is 0 Å². The van der Waals surface area contributed by atoms with Gasteiger partial charge in [-0.1, -0.05) is 60.7 Å². The molecule has 0 aliphatic carbocycles. The van der Waals surface area contributed by atoms with Gasteiger partial charge in [-0.15, -0.1) is 0 Å². The van der Waals surface area contributed by atoms with Gasteiger partial charge in [0.1, 0.15) is 5.69 Å². The van der Waals surface area contributed by atoms with E-state index in [4.69, 9.17) is 4.74 Å². The van der Waals surface area contributed by atoms with Gasteiger partial charge in [-0.05, 0) is 28.8 Å². The highest BCUT2D eigenvalue weighted by Crippen LogP contribution is 2.27. The Morgan fingerprint density at radius 2 is 1.81 bits per heavy atom. The fraction of sp³-hybridized carbons (Fsp3) is 0.240. The number of pyridine rings is 1. The van der Waals surface area contributed by atoms with Gasteiger partial charge in [0.25, 0.3) is 11.8 Å². The number of hydrogen-bond donors (Lipinski definition) is 1. The van der Waals surface area contributed by atoms with Gasteiger partial charge in [-0.2, -0.15) is 0 Å². The van der Waals surface area contributed by atoms with Gasteiger partial charge < -0.3 is 15.0 Å². The summed E-state index contributed by atoms with van der Waals surface area (Å²) in [5.74, 6) is -0.439. The van der Waals surface area contributed by atoms with Crippen LogP contribution in [-0.2, 0) is 16.0 Å². The van der Waals surface area contributed by atoms with Gasteiger partial charge in [0.15, 0.2) is 5.60 Å². The molecule has 2 aromatic carbocycles. The second-order valence-electron chi connectivity index (χ2n) is 7.61. The van der Waals surface area contributed by atoms with Crippen LogP contribution in [0.15, 0.2) is 79.0 Å². The number of carbonyl (C=O) groups is 2. The zero-order chi connectivity index (χ0) is 21.7. The van der Waals surface area contributed by atoms with Crippen molar-refractivity contribution in [2.45, 2.75) is 12.0 Å². The Bertz CT molecular complexity index is 1060. The first-order chi connectivity index (χ1) is 15.1. The molecule has 2 heterocycles. The maximum Gasteiger partial charge on any atom is 0.272 e. The molecule has 2 amide bonds. The average molecular weight is 415 g/mol. The second-order valence-corrected chi connectivity index (χ2v) is 7.61. The number of nitrogens with one attached hydrogen (secondary N) is 1. The molecule has 1 saturated heterocycles. The minimum atomic E-state index is -1.16. The maximum absolute atomic E-state index is 13.0. The molecule has 0 radical (unpaired) electrons. The quantitative estimate of drug-likeness (QED) is 0.696. The fourth-order valence-electron chi connectivity index (χ4n) is 3.98. The smallest absolute Gasteiger partial charge is 0.272 e. The van der Waals surface area contributed by atoms with Crippen molar-refractivity contribution in [3.63, 3.8) is 0 Å². The molecule has 0 bridgehead atoms. The summed E-state index contributed by atoms with van der Waals surface area (Å²) in [6, 6.07) is 23.4. The van der Waals surface area contributed by atoms with Crippen molar-refractivity contribution in [2.24, 2.45) is 0 Å². The summed E-state index contributed by atoms with van der Waals surface area (Å²) in [4.78, 5) is 31.7. The molecule has 1 atom stereocenters. The van der Waals surface area contributed by atoms with Crippen molar-refractivity contribution in [1.29, 1.82) is 0 Å². The minimum Gasteiger partial charge on any atom is -0.361 e. The Balaban J connectivity index is 1.61. The first kappa shape index (κ1) is 20.8. The third kappa shape index (κ3) is 4.49. The number of amides is 2. The van der Waals surface area contributed by atoms with E-state index in [9.17, 15) is 9.59 Å². The Labute approximate surface area is 181 Å². The van der Waals surface area contributed by atoms with Gasteiger partial charge in [0.2, 0.25) is 0 Å². The Hall–Kier alpha value is -3.51. The minimum absolute atomic E-state index is 0.164. The normalized spacial score (nSPS) is 18.4. The summed E-state index contributed by atoms with van der Waals surface area (Å²) >= 11 is 0. The molecule has 1 aromatic heterocycles. The lowest BCUT2D eigenvalue weighted by Gasteiger charge is -2.41. The van der Waals surface area contributed by atoms with Crippen LogP contribution < -0.4 is 5.32 Å². The van der Waals surface area contributed by atoms with E-state index < -0.39 is 5.60 Å². The second kappa shape index (κ2) is 9.10. The van der Waals surface area contributed by atoms with Gasteiger partial charge in [0, 0.05) is 26.2 Å². The number of morpholine rings is 1. The molecule has 1 fully saturated rings. The van der Waals surface area contributed by atoms with Crippen LogP contribution in [0.3, 0.4) is 0 Å². The maximum atomic E-state index is 13.0. The van der Waals surface area contributed by atoms with E-state index in [0.717, 1.165) is 16.7 Å². The molecule has 0 spiro atoms. The van der Waals surface area contributed by atoms with Crippen LogP contribution in [0.25, 0.3) is 11.1 Å². The number of aromatic nitrogens is 1. The summed E-state index contributed by atoms with van der Waals surface area (Å²) in [5, 5.41) is 2.72. The SMILES string of the molecule is CNC(=O)[C@@]1(Cc2cccc(-c3ccccc3)c2)CN(C(=O)c2ccccn2)CCO1. The van der Waals surface area contributed by atoms with E-state index in [0.29, 0.717) is 18.7 Å². The van der Waals surface area contributed by atoms with E-state index in [-0.39, 0.29) is 25.0 Å². The van der Waals surface area contributed by atoms with Crippen LogP contribution in [0.5, 0.6) is 0 Å². The molecule has 31 heavy (non-hydrogen) atoms. The highest BCUT2D eigenvalue weighted by molar-refractivity contribution is 5.93. The lowest BCUT2D eigenvalue weighted by atomic mass is 9.89. The zero-order valence-electron chi connectivity index (χ0n) is 17.5. The third-order valence-electron chi connectivity index (χ3n) is 5.52. The number of rotatable bonds is 5. The van der Waals surface area contributed by atoms with Gasteiger partial charge >= 0.3 is 0 Å². The molecular weight excluding hydrogens is 390 g/mol. The van der Waals surface area contributed by atoms with Crippen LogP contribution in [-0.4, -0.2) is 54.0 Å². The Morgan fingerprint density at radius 3 is 2.55 bits per heavy atom. The molecule has 6 heteroatoms. The molecule has 6 nitrogen and oxygen atoms in total. The number of likely N-dealkylation sites (N-methyl/N-ethyl adjacent to an activating group) is 1. The monoisotopic (exact) mass is 415 g/mol. The molecule has 1 aliphatic rings. The van der Waals surface area contributed by atoms with Gasteiger partial charge in [-0.25, -0.2) is 0 Å². The molecule has 0 saturated carbocycles. The molecule has 1 N–H and O–H groups in total. The molecule has 1 aliphatic heterocycles. The van der Waals surface area contributed by atoms with Crippen molar-refractivity contribution in [1.82, 2.24) is 15.2 Å². The molecule has 158 valence electrons. The van der Waals surface area contributed by atoms with Crippen molar-refractivity contribution in [3.8, 4) is 11.1 Å². The third-order valence-corrected chi connectivity index (χ3v) is 5.52. The van der Waals surface area contributed by atoms with Gasteiger partial charge in [-0.3, -0.25) is 14.6 Å². The predicted molar refractivity (Wildman–Crippen MR) is 118 cm³/mol. The largest absolute Gasteiger partial charge is 0.361 e. The summed E-state index contributed by atoms with van der Waals surface area (Å²) in [5.41, 5.74) is 2.35. The van der Waals surface area contributed by atoms with Crippen molar-refractivity contribution in [3.05, 3.63) is 90.3 Å². The highest BCUT2D eigenvalue weighted by atomic mass is 16.5. The Kier molecular flexibility index (Phi) is 6.09. The lowest BCUT2D eigenvalue weighted by Crippen LogP contribution is -2.61. The highest BCUT2D eigenvalue weighted by Gasteiger charge is 2.45. The van der Waals surface area contributed by atoms with Crippen LogP contribution in [0, 0.1) is 0 Å². The molecular formula is C25H25N3O3. The summed E-state index contributed by atoms with van der Waals surface area (Å²) in [6.07, 6.45) is 1.95. The van der Waals surface area contributed by atoms with Crippen LogP contribution in [0.2, 0.25) is 0 Å². The summed E-state index contributed by atoms with van der Waals surface area (Å²) < 4.78 is 6.06. The number of benzene rings is 2. The van der Waals surface area contributed by atoms with Gasteiger partial charge in [0.05, 0.1) is 13.2 Å².